The van der Waals surface area contributed by atoms with E-state index in [2.05, 4.69) is 23.5 Å². The van der Waals surface area contributed by atoms with Crippen LogP contribution in [-0.2, 0) is 6.54 Å². The fourth-order valence-corrected chi connectivity index (χ4v) is 3.14. The Morgan fingerprint density at radius 2 is 1.65 bits per heavy atom. The lowest BCUT2D eigenvalue weighted by atomic mass is 9.76. The molecule has 0 aliphatic heterocycles. The van der Waals surface area contributed by atoms with Gasteiger partial charge < -0.3 is 5.32 Å². The quantitative estimate of drug-likeness (QED) is 0.835. The zero-order valence-electron chi connectivity index (χ0n) is 11.2. The van der Waals surface area contributed by atoms with Gasteiger partial charge in [0.1, 0.15) is 0 Å². The van der Waals surface area contributed by atoms with Crippen molar-refractivity contribution in [3.8, 4) is 0 Å². The number of halogens is 2. The van der Waals surface area contributed by atoms with Crippen LogP contribution in [0, 0.1) is 0 Å². The number of rotatable bonds is 4. The van der Waals surface area contributed by atoms with Crippen molar-refractivity contribution < 1.29 is 0 Å². The molecule has 2 aromatic rings. The van der Waals surface area contributed by atoms with Crippen molar-refractivity contribution in [2.45, 2.75) is 31.3 Å². The molecule has 1 fully saturated rings. The standard InChI is InChI=1S/C17H17Cl2N/c18-15-5-1-3-12(7-15)11-20-17-9-14(10-17)13-4-2-6-16(19)8-13/h1-8,14,17,20H,9-11H2. The number of nitrogens with one attached hydrogen (secondary N) is 1. The molecule has 3 heteroatoms. The molecule has 0 radical (unpaired) electrons. The summed E-state index contributed by atoms with van der Waals surface area (Å²) in [6.07, 6.45) is 2.36. The highest BCUT2D eigenvalue weighted by molar-refractivity contribution is 6.30. The van der Waals surface area contributed by atoms with E-state index in [0.29, 0.717) is 12.0 Å². The Balaban J connectivity index is 1.49. The van der Waals surface area contributed by atoms with Gasteiger partial charge in [-0.15, -0.1) is 0 Å². The lowest BCUT2D eigenvalue weighted by molar-refractivity contribution is 0.289. The molecule has 1 nitrogen and oxygen atoms in total. The van der Waals surface area contributed by atoms with Gasteiger partial charge in [-0.25, -0.2) is 0 Å². The van der Waals surface area contributed by atoms with Crippen molar-refractivity contribution >= 4 is 23.2 Å². The van der Waals surface area contributed by atoms with Gasteiger partial charge in [0.2, 0.25) is 0 Å². The van der Waals surface area contributed by atoms with Crippen molar-refractivity contribution in [3.63, 3.8) is 0 Å². The average molecular weight is 306 g/mol. The molecule has 1 aliphatic rings. The molecule has 0 heterocycles. The molecule has 0 atom stereocenters. The third-order valence-electron chi connectivity index (χ3n) is 3.94. The molecule has 0 saturated heterocycles. The van der Waals surface area contributed by atoms with E-state index in [1.807, 2.05) is 30.3 Å². The first kappa shape index (κ1) is 13.9. The first-order valence-electron chi connectivity index (χ1n) is 6.94. The predicted octanol–water partition coefficient (Wildman–Crippen LogP) is 5.03. The lowest BCUT2D eigenvalue weighted by Crippen LogP contribution is -2.39. The number of hydrogen-bond donors (Lipinski definition) is 1. The van der Waals surface area contributed by atoms with E-state index in [4.69, 9.17) is 23.2 Å². The largest absolute Gasteiger partial charge is 0.310 e. The Hall–Kier alpha value is -1.02. The summed E-state index contributed by atoms with van der Waals surface area (Å²) < 4.78 is 0. The summed E-state index contributed by atoms with van der Waals surface area (Å²) in [6, 6.07) is 16.8. The number of benzene rings is 2. The van der Waals surface area contributed by atoms with Crippen LogP contribution in [0.3, 0.4) is 0 Å². The van der Waals surface area contributed by atoms with E-state index in [0.717, 1.165) is 16.6 Å². The van der Waals surface area contributed by atoms with Gasteiger partial charge in [0.15, 0.2) is 0 Å². The van der Waals surface area contributed by atoms with Crippen LogP contribution in [0.25, 0.3) is 0 Å². The highest BCUT2D eigenvalue weighted by Crippen LogP contribution is 2.37. The molecule has 1 saturated carbocycles. The van der Waals surface area contributed by atoms with Gasteiger partial charge >= 0.3 is 0 Å². The Morgan fingerprint density at radius 3 is 2.35 bits per heavy atom. The Kier molecular flexibility index (Phi) is 4.30. The van der Waals surface area contributed by atoms with Crippen molar-refractivity contribution in [2.24, 2.45) is 0 Å². The average Bonchev–Trinajstić information content (AvgIpc) is 2.37. The Bertz CT molecular complexity index is 588. The fourth-order valence-electron chi connectivity index (χ4n) is 2.73. The van der Waals surface area contributed by atoms with Gasteiger partial charge in [0, 0.05) is 22.6 Å². The van der Waals surface area contributed by atoms with Crippen LogP contribution in [0.15, 0.2) is 48.5 Å². The third-order valence-corrected chi connectivity index (χ3v) is 4.41. The SMILES string of the molecule is Clc1cccc(CNC2CC(c3cccc(Cl)c3)C2)c1. The van der Waals surface area contributed by atoms with Crippen molar-refractivity contribution in [3.05, 3.63) is 69.7 Å². The molecule has 0 spiro atoms. The maximum atomic E-state index is 6.03. The second-order valence-corrected chi connectivity index (χ2v) is 6.30. The maximum Gasteiger partial charge on any atom is 0.0409 e. The maximum absolute atomic E-state index is 6.03. The molecule has 104 valence electrons. The summed E-state index contributed by atoms with van der Waals surface area (Å²) in [6.45, 7) is 0.882. The van der Waals surface area contributed by atoms with Gasteiger partial charge in [0.25, 0.3) is 0 Å². The summed E-state index contributed by atoms with van der Waals surface area (Å²) in [5.74, 6) is 0.644. The second-order valence-electron chi connectivity index (χ2n) is 5.43. The van der Waals surface area contributed by atoms with Gasteiger partial charge in [-0.1, -0.05) is 47.5 Å². The summed E-state index contributed by atoms with van der Waals surface area (Å²) in [4.78, 5) is 0. The molecule has 2 aromatic carbocycles. The van der Waals surface area contributed by atoms with Crippen molar-refractivity contribution in [2.75, 3.05) is 0 Å². The molecule has 1 aliphatic carbocycles. The molecule has 1 N–H and O–H groups in total. The van der Waals surface area contributed by atoms with Crippen LogP contribution in [-0.4, -0.2) is 6.04 Å². The van der Waals surface area contributed by atoms with E-state index >= 15 is 0 Å². The first-order valence-corrected chi connectivity index (χ1v) is 7.69. The van der Waals surface area contributed by atoms with Gasteiger partial charge in [-0.2, -0.15) is 0 Å². The molecule has 20 heavy (non-hydrogen) atoms. The second kappa shape index (κ2) is 6.17. The summed E-state index contributed by atoms with van der Waals surface area (Å²) in [5.41, 5.74) is 2.60. The zero-order valence-corrected chi connectivity index (χ0v) is 12.7. The van der Waals surface area contributed by atoms with Crippen LogP contribution >= 0.6 is 23.2 Å². The summed E-state index contributed by atoms with van der Waals surface area (Å²) >= 11 is 12.0. The van der Waals surface area contributed by atoms with Gasteiger partial charge in [-0.05, 0) is 54.2 Å². The Labute approximate surface area is 129 Å². The molecule has 3 rings (SSSR count). The number of hydrogen-bond acceptors (Lipinski definition) is 1. The van der Waals surface area contributed by atoms with Gasteiger partial charge in [-0.3, -0.25) is 0 Å². The van der Waals surface area contributed by atoms with Gasteiger partial charge in [0.05, 0.1) is 0 Å². The molecule has 0 amide bonds. The Morgan fingerprint density at radius 1 is 0.950 bits per heavy atom. The topological polar surface area (TPSA) is 12.0 Å². The van der Waals surface area contributed by atoms with Crippen LogP contribution in [0.4, 0.5) is 0 Å². The minimum Gasteiger partial charge on any atom is -0.310 e. The summed E-state index contributed by atoms with van der Waals surface area (Å²) in [7, 11) is 0. The molecule has 0 bridgehead atoms. The van der Waals surface area contributed by atoms with E-state index in [1.165, 1.54) is 24.0 Å². The minimum atomic E-state index is 0.595. The van der Waals surface area contributed by atoms with E-state index in [9.17, 15) is 0 Å². The smallest absolute Gasteiger partial charge is 0.0409 e. The highest BCUT2D eigenvalue weighted by atomic mass is 35.5. The lowest BCUT2D eigenvalue weighted by Gasteiger charge is -2.36. The molecular weight excluding hydrogens is 289 g/mol. The van der Waals surface area contributed by atoms with E-state index in [1.54, 1.807) is 0 Å². The van der Waals surface area contributed by atoms with E-state index in [-0.39, 0.29) is 0 Å². The van der Waals surface area contributed by atoms with E-state index < -0.39 is 0 Å². The minimum absolute atomic E-state index is 0.595. The van der Waals surface area contributed by atoms with Crippen molar-refractivity contribution in [1.82, 2.24) is 5.32 Å². The third kappa shape index (κ3) is 3.35. The highest BCUT2D eigenvalue weighted by Gasteiger charge is 2.29. The first-order chi connectivity index (χ1) is 9.70. The normalized spacial score (nSPS) is 21.5. The molecule has 0 aromatic heterocycles. The van der Waals surface area contributed by atoms with Crippen LogP contribution in [0.1, 0.15) is 29.9 Å². The monoisotopic (exact) mass is 305 g/mol. The van der Waals surface area contributed by atoms with Crippen LogP contribution < -0.4 is 5.32 Å². The fraction of sp³-hybridized carbons (Fsp3) is 0.294. The molecular formula is C17H17Cl2N. The summed E-state index contributed by atoms with van der Waals surface area (Å²) in [5, 5.41) is 5.22. The van der Waals surface area contributed by atoms with Crippen LogP contribution in [0.2, 0.25) is 10.0 Å². The molecule has 0 unspecified atom stereocenters. The van der Waals surface area contributed by atoms with Crippen LogP contribution in [0.5, 0.6) is 0 Å². The zero-order chi connectivity index (χ0) is 13.9. The van der Waals surface area contributed by atoms with Crippen molar-refractivity contribution in [1.29, 1.82) is 0 Å². The predicted molar refractivity (Wildman–Crippen MR) is 85.5 cm³/mol.